The normalized spacial score (nSPS) is 15.4. The van der Waals surface area contributed by atoms with Gasteiger partial charge in [0.15, 0.2) is 0 Å². The molecule has 3 N–H and O–H groups in total. The first-order chi connectivity index (χ1) is 17.0. The SMILES string of the molecule is CC[C@H](C)CN(C[C@@H](O)[C@H](Cc1ccccc1)NC(=O)[C@H](O)C(C)C)S(=O)(=O)c1ccc(OC)cc1. The van der Waals surface area contributed by atoms with Crippen molar-refractivity contribution in [2.24, 2.45) is 11.8 Å². The first-order valence-corrected chi connectivity index (χ1v) is 13.8. The van der Waals surface area contributed by atoms with Crippen LogP contribution in [-0.2, 0) is 21.2 Å². The Hall–Kier alpha value is -2.46. The Morgan fingerprint density at radius 3 is 2.14 bits per heavy atom. The predicted octanol–water partition coefficient (Wildman–Crippen LogP) is 2.84. The molecule has 4 atom stereocenters. The lowest BCUT2D eigenvalue weighted by Crippen LogP contribution is -2.53. The van der Waals surface area contributed by atoms with Gasteiger partial charge in [0.25, 0.3) is 0 Å². The summed E-state index contributed by atoms with van der Waals surface area (Å²) in [5, 5.41) is 24.2. The van der Waals surface area contributed by atoms with Gasteiger partial charge >= 0.3 is 0 Å². The smallest absolute Gasteiger partial charge is 0.249 e. The zero-order valence-electron chi connectivity index (χ0n) is 21.8. The maximum atomic E-state index is 13.6. The van der Waals surface area contributed by atoms with Crippen molar-refractivity contribution in [2.45, 2.75) is 63.7 Å². The Kier molecular flexibility index (Phi) is 11.4. The highest BCUT2D eigenvalue weighted by atomic mass is 32.2. The van der Waals surface area contributed by atoms with Crippen LogP contribution in [0.5, 0.6) is 5.75 Å². The van der Waals surface area contributed by atoms with Gasteiger partial charge in [-0.25, -0.2) is 8.42 Å². The second-order valence-electron chi connectivity index (χ2n) is 9.57. The van der Waals surface area contributed by atoms with E-state index in [4.69, 9.17) is 4.74 Å². The lowest BCUT2D eigenvalue weighted by molar-refractivity contribution is -0.133. The summed E-state index contributed by atoms with van der Waals surface area (Å²) in [6.07, 6.45) is -1.42. The van der Waals surface area contributed by atoms with Crippen molar-refractivity contribution in [3.05, 3.63) is 60.2 Å². The van der Waals surface area contributed by atoms with E-state index in [1.807, 2.05) is 44.2 Å². The van der Waals surface area contributed by atoms with E-state index in [1.165, 1.54) is 23.5 Å². The average Bonchev–Trinajstić information content (AvgIpc) is 2.87. The van der Waals surface area contributed by atoms with E-state index in [0.717, 1.165) is 12.0 Å². The van der Waals surface area contributed by atoms with Gasteiger partial charge in [0, 0.05) is 13.1 Å². The maximum absolute atomic E-state index is 13.6. The molecule has 9 heteroatoms. The Morgan fingerprint density at radius 2 is 1.61 bits per heavy atom. The minimum Gasteiger partial charge on any atom is -0.497 e. The highest BCUT2D eigenvalue weighted by Crippen LogP contribution is 2.22. The lowest BCUT2D eigenvalue weighted by atomic mass is 9.99. The number of ether oxygens (including phenoxy) is 1. The molecule has 200 valence electrons. The van der Waals surface area contributed by atoms with Crippen LogP contribution in [-0.4, -0.2) is 67.3 Å². The van der Waals surface area contributed by atoms with Crippen molar-refractivity contribution in [2.75, 3.05) is 20.2 Å². The van der Waals surface area contributed by atoms with Crippen LogP contribution in [0, 0.1) is 11.8 Å². The van der Waals surface area contributed by atoms with E-state index in [0.29, 0.717) is 5.75 Å². The highest BCUT2D eigenvalue weighted by molar-refractivity contribution is 7.89. The van der Waals surface area contributed by atoms with Crippen molar-refractivity contribution in [3.63, 3.8) is 0 Å². The lowest BCUT2D eigenvalue weighted by Gasteiger charge is -2.31. The minimum absolute atomic E-state index is 0.0511. The molecule has 2 rings (SSSR count). The van der Waals surface area contributed by atoms with Crippen LogP contribution >= 0.6 is 0 Å². The molecule has 0 heterocycles. The topological polar surface area (TPSA) is 116 Å². The van der Waals surface area contributed by atoms with Crippen LogP contribution in [0.4, 0.5) is 0 Å². The van der Waals surface area contributed by atoms with E-state index >= 15 is 0 Å². The number of aliphatic hydroxyl groups is 2. The van der Waals surface area contributed by atoms with Gasteiger partial charge in [-0.2, -0.15) is 4.31 Å². The third-order valence-corrected chi connectivity index (χ3v) is 8.14. The Bertz CT molecular complexity index is 1040. The standard InChI is InChI=1S/C27H40N2O6S/c1-6-20(4)17-29(36(33,34)23-14-12-22(35-5)13-15-23)18-25(30)24(16-21-10-8-7-9-11-21)28-27(32)26(31)19(2)3/h7-15,19-20,24-26,30-31H,6,16-18H2,1-5H3,(H,28,32)/t20-,24-,25+,26+/m0/s1. The number of hydrogen-bond acceptors (Lipinski definition) is 6. The molecule has 0 saturated heterocycles. The third-order valence-electron chi connectivity index (χ3n) is 6.29. The second kappa shape index (κ2) is 13.7. The molecule has 0 fully saturated rings. The van der Waals surface area contributed by atoms with Crippen LogP contribution in [0.25, 0.3) is 0 Å². The summed E-state index contributed by atoms with van der Waals surface area (Å²) in [4.78, 5) is 12.8. The van der Waals surface area contributed by atoms with E-state index in [9.17, 15) is 23.4 Å². The number of nitrogens with zero attached hydrogens (tertiary/aromatic N) is 1. The number of rotatable bonds is 14. The van der Waals surface area contributed by atoms with Crippen LogP contribution in [0.2, 0.25) is 0 Å². The van der Waals surface area contributed by atoms with Crippen molar-refractivity contribution in [1.82, 2.24) is 9.62 Å². The number of aliphatic hydroxyl groups excluding tert-OH is 2. The Balaban J connectivity index is 2.35. The van der Waals surface area contributed by atoms with Crippen LogP contribution in [0.1, 0.15) is 39.7 Å². The van der Waals surface area contributed by atoms with Crippen molar-refractivity contribution in [1.29, 1.82) is 0 Å². The molecule has 0 aliphatic rings. The molecule has 36 heavy (non-hydrogen) atoms. The molecule has 0 aromatic heterocycles. The zero-order chi connectivity index (χ0) is 26.9. The molecule has 0 aliphatic heterocycles. The number of carbonyl (C=O) groups is 1. The average molecular weight is 521 g/mol. The summed E-state index contributed by atoms with van der Waals surface area (Å²) in [5.74, 6) is -0.319. The molecule has 0 saturated carbocycles. The first-order valence-electron chi connectivity index (χ1n) is 12.3. The van der Waals surface area contributed by atoms with Crippen molar-refractivity contribution >= 4 is 15.9 Å². The number of carbonyl (C=O) groups excluding carboxylic acids is 1. The number of hydrogen-bond donors (Lipinski definition) is 3. The fourth-order valence-electron chi connectivity index (χ4n) is 3.70. The van der Waals surface area contributed by atoms with E-state index in [1.54, 1.807) is 26.0 Å². The molecular formula is C27H40N2O6S. The molecule has 0 unspecified atom stereocenters. The fourth-order valence-corrected chi connectivity index (χ4v) is 5.28. The van der Waals surface area contributed by atoms with Crippen molar-refractivity contribution < 1.29 is 28.2 Å². The molecule has 8 nitrogen and oxygen atoms in total. The molecule has 0 radical (unpaired) electrons. The van der Waals surface area contributed by atoms with E-state index in [-0.39, 0.29) is 36.2 Å². The quantitative estimate of drug-likeness (QED) is 0.353. The predicted molar refractivity (Wildman–Crippen MR) is 140 cm³/mol. The van der Waals surface area contributed by atoms with Gasteiger partial charge in [-0.05, 0) is 48.1 Å². The van der Waals surface area contributed by atoms with Crippen LogP contribution in [0.15, 0.2) is 59.5 Å². The molecule has 0 aliphatic carbocycles. The number of nitrogens with one attached hydrogen (secondary N) is 1. The van der Waals surface area contributed by atoms with E-state index in [2.05, 4.69) is 5.32 Å². The van der Waals surface area contributed by atoms with Gasteiger partial charge in [-0.15, -0.1) is 0 Å². The molecule has 2 aromatic carbocycles. The molecule has 2 aromatic rings. The summed E-state index contributed by atoms with van der Waals surface area (Å²) in [5.41, 5.74) is 0.868. The number of benzene rings is 2. The highest BCUT2D eigenvalue weighted by Gasteiger charge is 2.32. The van der Waals surface area contributed by atoms with Gasteiger partial charge in [0.2, 0.25) is 15.9 Å². The summed E-state index contributed by atoms with van der Waals surface area (Å²) in [7, 11) is -2.43. The Labute approximate surface area is 215 Å². The van der Waals surface area contributed by atoms with Gasteiger partial charge in [0.1, 0.15) is 11.9 Å². The first kappa shape index (κ1) is 29.8. The number of sulfonamides is 1. The van der Waals surface area contributed by atoms with Crippen LogP contribution < -0.4 is 10.1 Å². The Morgan fingerprint density at radius 1 is 1.00 bits per heavy atom. The third kappa shape index (κ3) is 8.30. The fraction of sp³-hybridized carbons (Fsp3) is 0.519. The summed E-state index contributed by atoms with van der Waals surface area (Å²) in [6.45, 7) is 7.37. The maximum Gasteiger partial charge on any atom is 0.249 e. The number of amides is 1. The van der Waals surface area contributed by atoms with Crippen LogP contribution in [0.3, 0.4) is 0 Å². The van der Waals surface area contributed by atoms with Gasteiger partial charge in [0.05, 0.1) is 24.2 Å². The largest absolute Gasteiger partial charge is 0.497 e. The molecular weight excluding hydrogens is 480 g/mol. The zero-order valence-corrected chi connectivity index (χ0v) is 22.6. The van der Waals surface area contributed by atoms with Gasteiger partial charge in [-0.3, -0.25) is 4.79 Å². The number of methoxy groups -OCH3 is 1. The molecule has 1 amide bonds. The minimum atomic E-state index is -3.94. The summed E-state index contributed by atoms with van der Waals surface area (Å²) < 4.78 is 33.5. The summed E-state index contributed by atoms with van der Waals surface area (Å²) in [6, 6.07) is 14.6. The van der Waals surface area contributed by atoms with Crippen molar-refractivity contribution in [3.8, 4) is 5.75 Å². The van der Waals surface area contributed by atoms with Gasteiger partial charge in [-0.1, -0.05) is 64.4 Å². The second-order valence-corrected chi connectivity index (χ2v) is 11.5. The summed E-state index contributed by atoms with van der Waals surface area (Å²) >= 11 is 0. The molecule has 0 spiro atoms. The monoisotopic (exact) mass is 520 g/mol. The molecule has 0 bridgehead atoms. The van der Waals surface area contributed by atoms with Gasteiger partial charge < -0.3 is 20.3 Å². The van der Waals surface area contributed by atoms with E-state index < -0.39 is 34.2 Å².